The fourth-order valence-electron chi connectivity index (χ4n) is 3.83. The van der Waals surface area contributed by atoms with Crippen LogP contribution < -0.4 is 0 Å². The van der Waals surface area contributed by atoms with Gasteiger partial charge in [0.2, 0.25) is 0 Å². The van der Waals surface area contributed by atoms with Crippen LogP contribution in [0.15, 0.2) is 53.6 Å². The number of halogens is 1. The van der Waals surface area contributed by atoms with Gasteiger partial charge in [0.1, 0.15) is 5.82 Å². The number of carbonyl (C=O) groups is 1. The summed E-state index contributed by atoms with van der Waals surface area (Å²) in [6, 6.07) is 10.3. The molecule has 0 unspecified atom stereocenters. The first-order valence-corrected chi connectivity index (χ1v) is 12.0. The molecule has 0 atom stereocenters. The van der Waals surface area contributed by atoms with Gasteiger partial charge in [-0.05, 0) is 41.3 Å². The second-order valence-electron chi connectivity index (χ2n) is 8.37. The lowest BCUT2D eigenvalue weighted by Gasteiger charge is -2.19. The highest BCUT2D eigenvalue weighted by atomic mass is 32.2. The average Bonchev–Trinajstić information content (AvgIpc) is 3.24. The van der Waals surface area contributed by atoms with E-state index in [0.29, 0.717) is 30.1 Å². The van der Waals surface area contributed by atoms with Crippen molar-refractivity contribution in [1.29, 1.82) is 0 Å². The van der Waals surface area contributed by atoms with Crippen molar-refractivity contribution in [3.8, 4) is 11.1 Å². The minimum absolute atomic E-state index is 0.0510. The molecule has 0 radical (unpaired) electrons. The third kappa shape index (κ3) is 4.39. The molecule has 31 heavy (non-hydrogen) atoms. The van der Waals surface area contributed by atoms with Gasteiger partial charge in [-0.15, -0.1) is 0 Å². The van der Waals surface area contributed by atoms with Gasteiger partial charge in [0, 0.05) is 36.7 Å². The van der Waals surface area contributed by atoms with Crippen molar-refractivity contribution in [3.05, 3.63) is 71.3 Å². The summed E-state index contributed by atoms with van der Waals surface area (Å²) in [4.78, 5) is 15.1. The summed E-state index contributed by atoms with van der Waals surface area (Å²) in [5.74, 6) is -0.271. The maximum absolute atomic E-state index is 13.8. The van der Waals surface area contributed by atoms with Crippen molar-refractivity contribution >= 4 is 15.7 Å². The van der Waals surface area contributed by atoms with Gasteiger partial charge in [-0.3, -0.25) is 9.48 Å². The molecule has 1 aromatic heterocycles. The van der Waals surface area contributed by atoms with E-state index in [1.165, 1.54) is 24.3 Å². The molecule has 2 heterocycles. The molecule has 2 aromatic carbocycles. The molecule has 0 saturated heterocycles. The minimum atomic E-state index is -3.51. The van der Waals surface area contributed by atoms with E-state index in [9.17, 15) is 17.6 Å². The molecular formula is C23H24FN3O3S. The van der Waals surface area contributed by atoms with Crippen LogP contribution in [0.2, 0.25) is 0 Å². The molecule has 162 valence electrons. The molecule has 0 saturated carbocycles. The Morgan fingerprint density at radius 1 is 1.16 bits per heavy atom. The van der Waals surface area contributed by atoms with E-state index in [2.05, 4.69) is 18.9 Å². The largest absolute Gasteiger partial charge is 0.328 e. The summed E-state index contributed by atoms with van der Waals surface area (Å²) >= 11 is 0. The molecule has 0 aliphatic carbocycles. The first kappa shape index (κ1) is 21.2. The minimum Gasteiger partial charge on any atom is -0.328 e. The van der Waals surface area contributed by atoms with Crippen molar-refractivity contribution < 1.29 is 17.6 Å². The Hall–Kier alpha value is -3.00. The van der Waals surface area contributed by atoms with E-state index in [0.717, 1.165) is 24.1 Å². The van der Waals surface area contributed by atoms with Crippen LogP contribution in [0.4, 0.5) is 4.39 Å². The van der Waals surface area contributed by atoms with Crippen molar-refractivity contribution in [2.24, 2.45) is 5.92 Å². The lowest BCUT2D eigenvalue weighted by atomic mass is 9.98. The molecule has 3 aromatic rings. The molecule has 6 nitrogen and oxygen atoms in total. The number of hydrogen-bond acceptors (Lipinski definition) is 4. The summed E-state index contributed by atoms with van der Waals surface area (Å²) in [7, 11) is -3.51. The topological polar surface area (TPSA) is 72.3 Å². The Morgan fingerprint density at radius 3 is 2.58 bits per heavy atom. The second-order valence-corrected chi connectivity index (χ2v) is 10.4. The van der Waals surface area contributed by atoms with Gasteiger partial charge in [0.25, 0.3) is 5.91 Å². The Labute approximate surface area is 181 Å². The fraction of sp³-hybridized carbons (Fsp3) is 0.304. The molecule has 0 N–H and O–H groups in total. The zero-order valence-corrected chi connectivity index (χ0v) is 18.5. The lowest BCUT2D eigenvalue weighted by molar-refractivity contribution is 0.0749. The van der Waals surface area contributed by atoms with Gasteiger partial charge < -0.3 is 4.90 Å². The van der Waals surface area contributed by atoms with Crippen LogP contribution in [0, 0.1) is 11.7 Å². The van der Waals surface area contributed by atoms with Gasteiger partial charge in [-0.25, -0.2) is 12.8 Å². The number of hydrogen-bond donors (Lipinski definition) is 0. The molecule has 4 rings (SSSR count). The number of fused-ring (bicyclic) bond motifs is 1. The molecule has 0 spiro atoms. The smallest absolute Gasteiger partial charge is 0.255 e. The quantitative estimate of drug-likeness (QED) is 0.602. The SMILES string of the molecule is CC(C)Cn1cc2c(n1)CN(C(=O)c1cc(S(C)(=O)=O)ccc1-c1cccc(F)c1)C2. The van der Waals surface area contributed by atoms with Gasteiger partial charge in [-0.2, -0.15) is 5.10 Å². The van der Waals surface area contributed by atoms with E-state index in [-0.39, 0.29) is 16.4 Å². The van der Waals surface area contributed by atoms with Crippen LogP contribution in [0.25, 0.3) is 11.1 Å². The Kier molecular flexibility index (Phi) is 5.43. The first-order chi connectivity index (χ1) is 14.6. The average molecular weight is 442 g/mol. The molecule has 8 heteroatoms. The second kappa shape index (κ2) is 7.92. The first-order valence-electron chi connectivity index (χ1n) is 10.1. The number of rotatable bonds is 5. The van der Waals surface area contributed by atoms with Crippen molar-refractivity contribution in [2.75, 3.05) is 6.26 Å². The van der Waals surface area contributed by atoms with Gasteiger partial charge >= 0.3 is 0 Å². The zero-order valence-electron chi connectivity index (χ0n) is 17.7. The van der Waals surface area contributed by atoms with Gasteiger partial charge in [0.05, 0.1) is 17.1 Å². The number of nitrogens with zero attached hydrogens (tertiary/aromatic N) is 3. The van der Waals surface area contributed by atoms with Gasteiger partial charge in [0.15, 0.2) is 9.84 Å². The highest BCUT2D eigenvalue weighted by molar-refractivity contribution is 7.90. The Bertz CT molecular complexity index is 1240. The lowest BCUT2D eigenvalue weighted by Crippen LogP contribution is -2.27. The molecule has 0 bridgehead atoms. The van der Waals surface area contributed by atoms with Crippen LogP contribution in [-0.4, -0.2) is 35.3 Å². The number of sulfone groups is 1. The predicted octanol–water partition coefficient (Wildman–Crippen LogP) is 3.90. The van der Waals surface area contributed by atoms with Crippen LogP contribution in [0.5, 0.6) is 0 Å². The highest BCUT2D eigenvalue weighted by Gasteiger charge is 2.29. The monoisotopic (exact) mass is 441 g/mol. The summed E-state index contributed by atoms with van der Waals surface area (Å²) in [5, 5.41) is 4.58. The van der Waals surface area contributed by atoms with Crippen LogP contribution >= 0.6 is 0 Å². The van der Waals surface area contributed by atoms with Crippen molar-refractivity contribution in [2.45, 2.75) is 38.4 Å². The molecule has 1 aliphatic heterocycles. The third-order valence-corrected chi connectivity index (χ3v) is 6.36. The number of amides is 1. The van der Waals surface area contributed by atoms with Crippen LogP contribution in [0.3, 0.4) is 0 Å². The number of benzene rings is 2. The van der Waals surface area contributed by atoms with Crippen LogP contribution in [-0.2, 0) is 29.5 Å². The molecule has 1 aliphatic rings. The standard InChI is InChI=1S/C23H24FN3O3S/c1-15(2)11-27-13-17-12-26(14-22(17)25-27)23(28)21-10-19(31(3,29)30)7-8-20(21)16-5-4-6-18(24)9-16/h4-10,13,15H,11-12,14H2,1-3H3. The summed E-state index contributed by atoms with van der Waals surface area (Å²) in [6.07, 6.45) is 3.06. The van der Waals surface area contributed by atoms with E-state index in [1.54, 1.807) is 23.1 Å². The highest BCUT2D eigenvalue weighted by Crippen LogP contribution is 2.31. The Balaban J connectivity index is 1.70. The maximum Gasteiger partial charge on any atom is 0.255 e. The van der Waals surface area contributed by atoms with Gasteiger partial charge in [-0.1, -0.05) is 32.0 Å². The molecular weight excluding hydrogens is 417 g/mol. The van der Waals surface area contributed by atoms with E-state index >= 15 is 0 Å². The zero-order chi connectivity index (χ0) is 22.3. The summed E-state index contributed by atoms with van der Waals surface area (Å²) in [6.45, 7) is 5.79. The third-order valence-electron chi connectivity index (χ3n) is 5.25. The van der Waals surface area contributed by atoms with Crippen molar-refractivity contribution in [3.63, 3.8) is 0 Å². The van der Waals surface area contributed by atoms with Crippen molar-refractivity contribution in [1.82, 2.24) is 14.7 Å². The normalized spacial score (nSPS) is 13.6. The van der Waals surface area contributed by atoms with Crippen LogP contribution in [0.1, 0.15) is 35.5 Å². The Morgan fingerprint density at radius 2 is 1.94 bits per heavy atom. The summed E-state index contributed by atoms with van der Waals surface area (Å²) in [5.41, 5.74) is 3.07. The molecule has 1 amide bonds. The number of aromatic nitrogens is 2. The maximum atomic E-state index is 13.8. The summed E-state index contributed by atoms with van der Waals surface area (Å²) < 4.78 is 39.9. The van der Waals surface area contributed by atoms with E-state index < -0.39 is 15.7 Å². The predicted molar refractivity (Wildman–Crippen MR) is 116 cm³/mol. The van der Waals surface area contributed by atoms with E-state index in [4.69, 9.17) is 0 Å². The fourth-order valence-corrected chi connectivity index (χ4v) is 4.48. The number of carbonyl (C=O) groups excluding carboxylic acids is 1. The molecule has 0 fully saturated rings. The van der Waals surface area contributed by atoms with E-state index in [1.807, 2.05) is 10.9 Å².